The number of nitrogens with zero attached hydrogens (tertiary/aromatic N) is 2. The molecular weight excluding hydrogens is 104 g/mol. The van der Waals surface area contributed by atoms with Crippen LogP contribution in [-0.4, -0.2) is 17.1 Å². The lowest BCUT2D eigenvalue weighted by atomic mass is 10.6. The van der Waals surface area contributed by atoms with Crippen LogP contribution >= 0.6 is 0 Å². The summed E-state index contributed by atoms with van der Waals surface area (Å²) in [5, 5.41) is 0. The lowest BCUT2D eigenvalue weighted by molar-refractivity contribution is 0.410. The fraction of sp³-hybridized carbons (Fsp3) is 0.200. The van der Waals surface area contributed by atoms with Crippen LogP contribution in [0.15, 0.2) is 18.7 Å². The van der Waals surface area contributed by atoms with Crippen LogP contribution < -0.4 is 4.74 Å². The van der Waals surface area contributed by atoms with Gasteiger partial charge in [0.25, 0.3) is 0 Å². The summed E-state index contributed by atoms with van der Waals surface area (Å²) in [4.78, 5) is 7.44. The molecule has 1 aromatic heterocycles. The van der Waals surface area contributed by atoms with E-state index in [1.54, 1.807) is 19.5 Å². The smallest absolute Gasteiger partial charge is 0.155 e. The fourth-order valence-electron chi connectivity index (χ4n) is 0.391. The normalized spacial score (nSPS) is 8.62. The van der Waals surface area contributed by atoms with Gasteiger partial charge in [0.05, 0.1) is 19.5 Å². The molecule has 0 spiro atoms. The number of ether oxygens (including phenoxy) is 1. The van der Waals surface area contributed by atoms with Gasteiger partial charge >= 0.3 is 0 Å². The minimum absolute atomic E-state index is 0.688. The highest BCUT2D eigenvalue weighted by atomic mass is 16.5. The van der Waals surface area contributed by atoms with E-state index in [9.17, 15) is 0 Å². The molecule has 0 unspecified atom stereocenters. The maximum atomic E-state index is 4.79. The average molecular weight is 110 g/mol. The molecule has 3 nitrogen and oxygen atoms in total. The van der Waals surface area contributed by atoms with Crippen LogP contribution in [0, 0.1) is 0 Å². The van der Waals surface area contributed by atoms with Gasteiger partial charge in [-0.3, -0.25) is 0 Å². The summed E-state index contributed by atoms with van der Waals surface area (Å²) in [5.74, 6) is 0.688. The predicted octanol–water partition coefficient (Wildman–Crippen LogP) is 0.485. The molecule has 42 valence electrons. The van der Waals surface area contributed by atoms with Gasteiger partial charge in [-0.25, -0.2) is 9.97 Å². The minimum atomic E-state index is 0.688. The van der Waals surface area contributed by atoms with Gasteiger partial charge in [0.2, 0.25) is 0 Å². The summed E-state index contributed by atoms with van der Waals surface area (Å²) in [7, 11) is 1.58. The Bertz CT molecular complexity index is 152. The molecule has 0 saturated heterocycles. The molecule has 0 aromatic carbocycles. The Morgan fingerprint density at radius 3 is 2.38 bits per heavy atom. The number of hydrogen-bond acceptors (Lipinski definition) is 3. The third-order valence-electron chi connectivity index (χ3n) is 0.773. The van der Waals surface area contributed by atoms with E-state index in [-0.39, 0.29) is 0 Å². The van der Waals surface area contributed by atoms with Crippen LogP contribution in [0.5, 0.6) is 5.75 Å². The molecule has 3 heteroatoms. The van der Waals surface area contributed by atoms with Crippen LogP contribution in [0.4, 0.5) is 0 Å². The van der Waals surface area contributed by atoms with E-state index in [0.717, 1.165) is 0 Å². The Kier molecular flexibility index (Phi) is 1.42. The summed E-state index contributed by atoms with van der Waals surface area (Å²) in [6.45, 7) is 0. The van der Waals surface area contributed by atoms with Crippen molar-refractivity contribution in [3.63, 3.8) is 0 Å². The Balaban J connectivity index is 2.83. The average Bonchev–Trinajstić information content (AvgIpc) is 1.90. The summed E-state index contributed by atoms with van der Waals surface area (Å²) in [5.41, 5.74) is 0. The zero-order valence-corrected chi connectivity index (χ0v) is 4.53. The molecular formula is C5H6N2O. The van der Waals surface area contributed by atoms with E-state index >= 15 is 0 Å². The summed E-state index contributed by atoms with van der Waals surface area (Å²) >= 11 is 0. The number of methoxy groups -OCH3 is 1. The molecule has 1 heterocycles. The van der Waals surface area contributed by atoms with E-state index in [1.807, 2.05) is 0 Å². The molecule has 1 rings (SSSR count). The summed E-state index contributed by atoms with van der Waals surface area (Å²) < 4.78 is 4.79. The standard InChI is InChI=1S/C5H6N2O/c1-8-5-2-6-4-7-3-5/h2-4H,1H3. The van der Waals surface area contributed by atoms with E-state index in [2.05, 4.69) is 9.97 Å². The van der Waals surface area contributed by atoms with Gasteiger partial charge in [-0.2, -0.15) is 0 Å². The molecule has 1 aromatic rings. The van der Waals surface area contributed by atoms with Gasteiger partial charge in [0, 0.05) is 0 Å². The molecule has 0 amide bonds. The number of rotatable bonds is 1. The first-order valence-corrected chi connectivity index (χ1v) is 2.22. The second kappa shape index (κ2) is 2.26. The molecule has 0 aliphatic carbocycles. The Morgan fingerprint density at radius 1 is 1.38 bits per heavy atom. The van der Waals surface area contributed by atoms with Gasteiger partial charge in [-0.05, 0) is 0 Å². The molecule has 8 heavy (non-hydrogen) atoms. The van der Waals surface area contributed by atoms with Crippen molar-refractivity contribution in [3.05, 3.63) is 18.7 Å². The lowest BCUT2D eigenvalue weighted by Crippen LogP contribution is -1.83. The third-order valence-corrected chi connectivity index (χ3v) is 0.773. The highest BCUT2D eigenvalue weighted by molar-refractivity contribution is 5.08. The highest BCUT2D eigenvalue weighted by Crippen LogP contribution is 2.00. The van der Waals surface area contributed by atoms with Gasteiger partial charge < -0.3 is 4.74 Å². The van der Waals surface area contributed by atoms with Gasteiger partial charge in [0.1, 0.15) is 6.33 Å². The lowest BCUT2D eigenvalue weighted by Gasteiger charge is -1.92. The second-order valence-electron chi connectivity index (χ2n) is 1.28. The van der Waals surface area contributed by atoms with Crippen molar-refractivity contribution < 1.29 is 4.74 Å². The first-order valence-electron chi connectivity index (χ1n) is 2.22. The van der Waals surface area contributed by atoms with E-state index < -0.39 is 0 Å². The van der Waals surface area contributed by atoms with Crippen LogP contribution in [0.2, 0.25) is 0 Å². The Morgan fingerprint density at radius 2 is 2.00 bits per heavy atom. The monoisotopic (exact) mass is 110 g/mol. The van der Waals surface area contributed by atoms with Crippen molar-refractivity contribution >= 4 is 0 Å². The number of aromatic nitrogens is 2. The van der Waals surface area contributed by atoms with Crippen LogP contribution in [0.3, 0.4) is 0 Å². The first-order chi connectivity index (χ1) is 3.93. The van der Waals surface area contributed by atoms with Crippen molar-refractivity contribution in [1.29, 1.82) is 0 Å². The van der Waals surface area contributed by atoms with Crippen molar-refractivity contribution in [3.8, 4) is 5.75 Å². The molecule has 0 radical (unpaired) electrons. The highest BCUT2D eigenvalue weighted by Gasteiger charge is 1.82. The van der Waals surface area contributed by atoms with Gasteiger partial charge in [-0.1, -0.05) is 0 Å². The topological polar surface area (TPSA) is 35.0 Å². The van der Waals surface area contributed by atoms with Gasteiger partial charge in [-0.15, -0.1) is 0 Å². The largest absolute Gasteiger partial charge is 0.494 e. The number of hydrogen-bond donors (Lipinski definition) is 0. The Hall–Kier alpha value is -1.12. The third kappa shape index (κ3) is 0.932. The predicted molar refractivity (Wildman–Crippen MR) is 28.6 cm³/mol. The molecule has 0 saturated carbocycles. The van der Waals surface area contributed by atoms with Crippen LogP contribution in [-0.2, 0) is 0 Å². The Labute approximate surface area is 47.3 Å². The van der Waals surface area contributed by atoms with Gasteiger partial charge in [0.15, 0.2) is 5.75 Å². The maximum absolute atomic E-state index is 4.79. The van der Waals surface area contributed by atoms with E-state index in [4.69, 9.17) is 4.74 Å². The first kappa shape index (κ1) is 5.03. The fourth-order valence-corrected chi connectivity index (χ4v) is 0.391. The molecule has 0 atom stereocenters. The molecule has 0 N–H and O–H groups in total. The summed E-state index contributed by atoms with van der Waals surface area (Å²) in [6.07, 6.45) is 4.67. The minimum Gasteiger partial charge on any atom is -0.494 e. The molecule has 0 bridgehead atoms. The van der Waals surface area contributed by atoms with Crippen molar-refractivity contribution in [2.24, 2.45) is 0 Å². The molecule has 0 aliphatic rings. The summed E-state index contributed by atoms with van der Waals surface area (Å²) in [6, 6.07) is 0. The van der Waals surface area contributed by atoms with Crippen molar-refractivity contribution in [2.75, 3.05) is 7.11 Å². The second-order valence-corrected chi connectivity index (χ2v) is 1.28. The zero-order valence-electron chi connectivity index (χ0n) is 4.53. The quantitative estimate of drug-likeness (QED) is 0.527. The van der Waals surface area contributed by atoms with Crippen LogP contribution in [0.1, 0.15) is 0 Å². The molecule has 0 aliphatic heterocycles. The van der Waals surface area contributed by atoms with E-state index in [0.29, 0.717) is 5.75 Å². The SMILES string of the molecule is COc1cncnc1. The van der Waals surface area contributed by atoms with E-state index in [1.165, 1.54) is 6.33 Å². The van der Waals surface area contributed by atoms with Crippen LogP contribution in [0.25, 0.3) is 0 Å². The van der Waals surface area contributed by atoms with Crippen molar-refractivity contribution in [1.82, 2.24) is 9.97 Å². The molecule has 0 fully saturated rings. The zero-order chi connectivity index (χ0) is 5.82. The van der Waals surface area contributed by atoms with Crippen molar-refractivity contribution in [2.45, 2.75) is 0 Å². The maximum Gasteiger partial charge on any atom is 0.155 e.